The number of aliphatic hydroxyl groups is 1. The fourth-order valence-electron chi connectivity index (χ4n) is 3.12. The third-order valence-electron chi connectivity index (χ3n) is 4.89. The second kappa shape index (κ2) is 10.1. The molecular weight excluding hydrogens is 428 g/mol. The summed E-state index contributed by atoms with van der Waals surface area (Å²) in [6.07, 6.45) is 2.30. The Morgan fingerprint density at radius 3 is 2.59 bits per heavy atom. The van der Waals surface area contributed by atoms with Gasteiger partial charge in [0.1, 0.15) is 0 Å². The molecule has 3 rings (SSSR count). The zero-order valence-corrected chi connectivity index (χ0v) is 19.0. The van der Waals surface area contributed by atoms with Gasteiger partial charge in [-0.2, -0.15) is 9.57 Å². The number of nitrogens with one attached hydrogen (secondary N) is 2. The molecule has 0 spiro atoms. The van der Waals surface area contributed by atoms with Gasteiger partial charge in [0.25, 0.3) is 0 Å². The second-order valence-electron chi connectivity index (χ2n) is 8.24. The van der Waals surface area contributed by atoms with Crippen LogP contribution in [-0.2, 0) is 21.5 Å². The van der Waals surface area contributed by atoms with E-state index in [9.17, 15) is 13.5 Å². The van der Waals surface area contributed by atoms with Crippen LogP contribution in [0.4, 0.5) is 5.69 Å². The van der Waals surface area contributed by atoms with E-state index in [2.05, 4.69) is 16.9 Å². The second-order valence-corrected chi connectivity index (χ2v) is 10.2. The van der Waals surface area contributed by atoms with Gasteiger partial charge < -0.3 is 10.4 Å². The van der Waals surface area contributed by atoms with Crippen LogP contribution in [0.2, 0.25) is 0 Å². The lowest BCUT2D eigenvalue weighted by molar-refractivity contribution is 0.0453. The highest BCUT2D eigenvalue weighted by atomic mass is 32.2. The van der Waals surface area contributed by atoms with E-state index in [-0.39, 0.29) is 11.4 Å². The summed E-state index contributed by atoms with van der Waals surface area (Å²) in [6, 6.07) is 15.8. The Morgan fingerprint density at radius 1 is 1.22 bits per heavy atom. The molecule has 1 heterocycles. The Balaban J connectivity index is 1.53. The van der Waals surface area contributed by atoms with Crippen LogP contribution in [-0.4, -0.2) is 43.1 Å². The number of sulfonamides is 1. The predicted octanol–water partition coefficient (Wildman–Crippen LogP) is 2.74. The Bertz CT molecular complexity index is 1100. The van der Waals surface area contributed by atoms with E-state index >= 15 is 0 Å². The number of hydroxylamine groups is 1. The Hall–Kier alpha value is -2.90. The Morgan fingerprint density at radius 2 is 1.97 bits per heavy atom. The average molecular weight is 457 g/mol. The molecule has 1 aliphatic heterocycles. The molecular formula is C23H28N4O4S. The maximum absolute atomic E-state index is 12.9. The van der Waals surface area contributed by atoms with Crippen molar-refractivity contribution in [1.29, 1.82) is 5.26 Å². The van der Waals surface area contributed by atoms with Crippen molar-refractivity contribution in [3.8, 4) is 6.07 Å². The van der Waals surface area contributed by atoms with Crippen LogP contribution in [0, 0.1) is 11.3 Å². The quantitative estimate of drug-likeness (QED) is 0.497. The van der Waals surface area contributed by atoms with E-state index in [4.69, 9.17) is 10.1 Å². The summed E-state index contributed by atoms with van der Waals surface area (Å²) in [5, 5.41) is 21.8. The lowest BCUT2D eigenvalue weighted by atomic mass is 10.1. The molecule has 0 atom stereocenters. The summed E-state index contributed by atoms with van der Waals surface area (Å²) in [5.41, 5.74) is 5.03. The third kappa shape index (κ3) is 6.55. The van der Waals surface area contributed by atoms with Crippen LogP contribution in [0.25, 0.3) is 0 Å². The minimum atomic E-state index is -3.60. The molecule has 0 saturated carbocycles. The fourth-order valence-corrected chi connectivity index (χ4v) is 4.50. The first-order chi connectivity index (χ1) is 15.2. The molecule has 0 amide bonds. The van der Waals surface area contributed by atoms with Crippen LogP contribution >= 0.6 is 0 Å². The summed E-state index contributed by atoms with van der Waals surface area (Å²) >= 11 is 0. The highest BCUT2D eigenvalue weighted by Gasteiger charge is 2.26. The fraction of sp³-hybridized carbons (Fsp3) is 0.348. The molecule has 2 aromatic carbocycles. The lowest BCUT2D eigenvalue weighted by Gasteiger charge is -2.26. The molecule has 0 aromatic heterocycles. The lowest BCUT2D eigenvalue weighted by Crippen LogP contribution is -2.36. The largest absolute Gasteiger partial charge is 0.389 e. The zero-order valence-electron chi connectivity index (χ0n) is 18.2. The number of nitrogens with zero attached hydrogens (tertiary/aromatic N) is 2. The molecule has 0 radical (unpaired) electrons. The summed E-state index contributed by atoms with van der Waals surface area (Å²) in [6.45, 7) is 4.64. The van der Waals surface area contributed by atoms with Gasteiger partial charge in [0.2, 0.25) is 10.0 Å². The van der Waals surface area contributed by atoms with Gasteiger partial charge in [-0.3, -0.25) is 10.3 Å². The number of nitriles is 1. The van der Waals surface area contributed by atoms with E-state index in [1.807, 2.05) is 6.07 Å². The van der Waals surface area contributed by atoms with Crippen molar-refractivity contribution in [2.45, 2.75) is 37.4 Å². The van der Waals surface area contributed by atoms with Gasteiger partial charge in [-0.25, -0.2) is 8.42 Å². The summed E-state index contributed by atoms with van der Waals surface area (Å²) in [7, 11) is -3.60. The highest BCUT2D eigenvalue weighted by Crippen LogP contribution is 2.22. The van der Waals surface area contributed by atoms with Crippen molar-refractivity contribution in [3.05, 3.63) is 71.4 Å². The minimum absolute atomic E-state index is 0.227. The summed E-state index contributed by atoms with van der Waals surface area (Å²) in [5.74, 6) is 0. The zero-order chi connectivity index (χ0) is 23.2. The number of benzene rings is 2. The van der Waals surface area contributed by atoms with Crippen LogP contribution in [0.5, 0.6) is 0 Å². The van der Waals surface area contributed by atoms with E-state index in [0.29, 0.717) is 31.7 Å². The van der Waals surface area contributed by atoms with Gasteiger partial charge >= 0.3 is 0 Å². The van der Waals surface area contributed by atoms with Gasteiger partial charge in [-0.1, -0.05) is 12.1 Å². The van der Waals surface area contributed by atoms with Crippen molar-refractivity contribution < 1.29 is 18.4 Å². The first-order valence-corrected chi connectivity index (χ1v) is 11.7. The average Bonchev–Trinajstić information content (AvgIpc) is 2.78. The Kier molecular flexibility index (Phi) is 7.53. The topological polar surface area (TPSA) is 115 Å². The van der Waals surface area contributed by atoms with Gasteiger partial charge in [0, 0.05) is 37.4 Å². The number of hydrogen-bond donors (Lipinski definition) is 3. The monoisotopic (exact) mass is 456 g/mol. The number of rotatable bonds is 9. The minimum Gasteiger partial charge on any atom is -0.389 e. The smallest absolute Gasteiger partial charge is 0.243 e. The van der Waals surface area contributed by atoms with Gasteiger partial charge in [0.05, 0.1) is 28.7 Å². The normalized spacial score (nSPS) is 15.0. The molecule has 0 aliphatic carbocycles. The van der Waals surface area contributed by atoms with Gasteiger partial charge in [0.15, 0.2) is 0 Å². The molecule has 0 unspecified atom stereocenters. The standard InChI is InChI=1S/C23H28N4O4S/c1-23(2,28)17-25-20-6-8-22(9-7-20)32(29,30)27-12-10-21(11-13-27)26-31-16-19-5-3-4-18(14-19)15-24/h3-10,14,25-26,28H,11-13,16-17H2,1-2H3. The number of hydrogen-bond acceptors (Lipinski definition) is 7. The maximum atomic E-state index is 12.9. The van der Waals surface area contributed by atoms with E-state index in [1.54, 1.807) is 62.4 Å². The first kappa shape index (κ1) is 23.8. The highest BCUT2D eigenvalue weighted by molar-refractivity contribution is 7.89. The van der Waals surface area contributed by atoms with Crippen molar-refractivity contribution in [3.63, 3.8) is 0 Å². The van der Waals surface area contributed by atoms with Crippen molar-refractivity contribution >= 4 is 15.7 Å². The van der Waals surface area contributed by atoms with E-state index in [0.717, 1.165) is 16.9 Å². The van der Waals surface area contributed by atoms with Crippen LogP contribution in [0.15, 0.2) is 65.2 Å². The van der Waals surface area contributed by atoms with Crippen LogP contribution in [0.3, 0.4) is 0 Å². The summed E-state index contributed by atoms with van der Waals surface area (Å²) in [4.78, 5) is 5.73. The van der Waals surface area contributed by atoms with Crippen molar-refractivity contribution in [2.24, 2.45) is 0 Å². The third-order valence-corrected chi connectivity index (χ3v) is 6.77. The molecule has 3 N–H and O–H groups in total. The van der Waals surface area contributed by atoms with Crippen LogP contribution in [0.1, 0.15) is 31.4 Å². The molecule has 170 valence electrons. The molecule has 1 aliphatic rings. The molecule has 0 bridgehead atoms. The SMILES string of the molecule is CC(C)(O)CNc1ccc(S(=O)(=O)N2CC=C(NOCc3cccc(C#N)c3)CC2)cc1. The maximum Gasteiger partial charge on any atom is 0.243 e. The molecule has 0 fully saturated rings. The van der Waals surface area contributed by atoms with Gasteiger partial charge in [-0.05, 0) is 61.9 Å². The van der Waals surface area contributed by atoms with E-state index in [1.165, 1.54) is 4.31 Å². The molecule has 8 nitrogen and oxygen atoms in total. The molecule has 2 aromatic rings. The summed E-state index contributed by atoms with van der Waals surface area (Å²) < 4.78 is 27.3. The molecule has 0 saturated heterocycles. The first-order valence-electron chi connectivity index (χ1n) is 10.3. The van der Waals surface area contributed by atoms with E-state index < -0.39 is 15.6 Å². The Labute approximate surface area is 189 Å². The molecule has 9 heteroatoms. The van der Waals surface area contributed by atoms with Crippen molar-refractivity contribution in [1.82, 2.24) is 9.79 Å². The van der Waals surface area contributed by atoms with Crippen LogP contribution < -0.4 is 10.8 Å². The van der Waals surface area contributed by atoms with Gasteiger partial charge in [-0.15, -0.1) is 0 Å². The number of anilines is 1. The predicted molar refractivity (Wildman–Crippen MR) is 122 cm³/mol. The van der Waals surface area contributed by atoms with Crippen molar-refractivity contribution in [2.75, 3.05) is 25.0 Å². The molecule has 32 heavy (non-hydrogen) atoms.